The number of rotatable bonds is 4. The lowest BCUT2D eigenvalue weighted by Crippen LogP contribution is -2.16. The van der Waals surface area contributed by atoms with Gasteiger partial charge in [-0.15, -0.1) is 0 Å². The van der Waals surface area contributed by atoms with Crippen LogP contribution in [0.15, 0.2) is 59.0 Å². The molecule has 0 aliphatic heterocycles. The van der Waals surface area contributed by atoms with Crippen LogP contribution in [-0.4, -0.2) is 20.1 Å². The van der Waals surface area contributed by atoms with Gasteiger partial charge in [-0.1, -0.05) is 36.4 Å². The second-order valence-electron chi connectivity index (χ2n) is 5.11. The van der Waals surface area contributed by atoms with E-state index in [1.54, 1.807) is 12.1 Å². The SMILES string of the molecule is COC(=O)c1ccc(CN(C)c2cccc3ccccc23)o1. The zero-order chi connectivity index (χ0) is 15.5. The van der Waals surface area contributed by atoms with Gasteiger partial charge in [0, 0.05) is 18.1 Å². The smallest absolute Gasteiger partial charge is 0.373 e. The lowest BCUT2D eigenvalue weighted by Gasteiger charge is -2.20. The van der Waals surface area contributed by atoms with Crippen molar-refractivity contribution < 1.29 is 13.9 Å². The Morgan fingerprint density at radius 1 is 1.09 bits per heavy atom. The van der Waals surface area contributed by atoms with Gasteiger partial charge in [0.1, 0.15) is 5.76 Å². The monoisotopic (exact) mass is 295 g/mol. The van der Waals surface area contributed by atoms with Gasteiger partial charge in [0.25, 0.3) is 0 Å². The Hall–Kier alpha value is -2.75. The summed E-state index contributed by atoms with van der Waals surface area (Å²) in [4.78, 5) is 13.5. The normalized spacial score (nSPS) is 10.6. The molecule has 3 rings (SSSR count). The predicted molar refractivity (Wildman–Crippen MR) is 86.1 cm³/mol. The zero-order valence-electron chi connectivity index (χ0n) is 12.6. The molecule has 4 heteroatoms. The molecule has 3 aromatic rings. The molecule has 0 N–H and O–H groups in total. The van der Waals surface area contributed by atoms with Gasteiger partial charge in [-0.25, -0.2) is 4.79 Å². The Morgan fingerprint density at radius 2 is 1.86 bits per heavy atom. The standard InChI is InChI=1S/C18H17NO3/c1-19(12-14-10-11-17(22-14)18(20)21-2)16-9-5-7-13-6-3-4-8-15(13)16/h3-11H,12H2,1-2H3. The molecule has 0 fully saturated rings. The van der Waals surface area contributed by atoms with Crippen molar-refractivity contribution in [2.24, 2.45) is 0 Å². The van der Waals surface area contributed by atoms with Crippen LogP contribution < -0.4 is 4.90 Å². The van der Waals surface area contributed by atoms with Crippen LogP contribution in [0.5, 0.6) is 0 Å². The first-order chi connectivity index (χ1) is 10.7. The lowest BCUT2D eigenvalue weighted by molar-refractivity contribution is 0.0563. The fourth-order valence-corrected chi connectivity index (χ4v) is 2.53. The highest BCUT2D eigenvalue weighted by Gasteiger charge is 2.13. The molecule has 1 aromatic heterocycles. The molecule has 0 radical (unpaired) electrons. The number of carbonyl (C=O) groups is 1. The van der Waals surface area contributed by atoms with Gasteiger partial charge in [-0.05, 0) is 23.6 Å². The Labute approximate surface area is 128 Å². The van der Waals surface area contributed by atoms with Gasteiger partial charge in [0.15, 0.2) is 0 Å². The van der Waals surface area contributed by atoms with E-state index in [2.05, 4.69) is 33.9 Å². The summed E-state index contributed by atoms with van der Waals surface area (Å²) >= 11 is 0. The molecule has 0 unspecified atom stereocenters. The number of furan rings is 1. The minimum absolute atomic E-state index is 0.226. The van der Waals surface area contributed by atoms with Crippen molar-refractivity contribution >= 4 is 22.4 Å². The Balaban J connectivity index is 1.86. The van der Waals surface area contributed by atoms with Gasteiger partial charge in [-0.3, -0.25) is 0 Å². The first-order valence-corrected chi connectivity index (χ1v) is 7.05. The average Bonchev–Trinajstić information content (AvgIpc) is 3.02. The van der Waals surface area contributed by atoms with Crippen molar-refractivity contribution in [3.05, 3.63) is 66.1 Å². The van der Waals surface area contributed by atoms with Gasteiger partial charge < -0.3 is 14.1 Å². The molecular weight excluding hydrogens is 278 g/mol. The number of hydrogen-bond acceptors (Lipinski definition) is 4. The maximum absolute atomic E-state index is 11.4. The first-order valence-electron chi connectivity index (χ1n) is 7.05. The summed E-state index contributed by atoms with van der Waals surface area (Å²) in [6, 6.07) is 17.9. The van der Waals surface area contributed by atoms with Crippen molar-refractivity contribution in [3.8, 4) is 0 Å². The van der Waals surface area contributed by atoms with Crippen LogP contribution in [-0.2, 0) is 11.3 Å². The molecule has 0 saturated carbocycles. The summed E-state index contributed by atoms with van der Waals surface area (Å²) < 4.78 is 10.2. The third-order valence-electron chi connectivity index (χ3n) is 3.62. The number of anilines is 1. The molecule has 1 heterocycles. The van der Waals surface area contributed by atoms with Gasteiger partial charge in [-0.2, -0.15) is 0 Å². The van der Waals surface area contributed by atoms with E-state index >= 15 is 0 Å². The average molecular weight is 295 g/mol. The molecule has 4 nitrogen and oxygen atoms in total. The Kier molecular flexibility index (Phi) is 3.83. The second-order valence-corrected chi connectivity index (χ2v) is 5.11. The number of fused-ring (bicyclic) bond motifs is 1. The highest BCUT2D eigenvalue weighted by Crippen LogP contribution is 2.27. The topological polar surface area (TPSA) is 42.7 Å². The van der Waals surface area contributed by atoms with Gasteiger partial charge in [0.05, 0.1) is 13.7 Å². The second kappa shape index (κ2) is 5.93. The summed E-state index contributed by atoms with van der Waals surface area (Å²) in [5, 5.41) is 2.38. The van der Waals surface area contributed by atoms with E-state index in [1.807, 2.05) is 25.2 Å². The van der Waals surface area contributed by atoms with E-state index in [0.29, 0.717) is 6.54 Å². The molecule has 0 aliphatic carbocycles. The minimum atomic E-state index is -0.459. The molecule has 22 heavy (non-hydrogen) atoms. The molecular formula is C18H17NO3. The van der Waals surface area contributed by atoms with Crippen LogP contribution in [0.4, 0.5) is 5.69 Å². The number of hydrogen-bond donors (Lipinski definition) is 0. The molecule has 112 valence electrons. The molecule has 0 saturated heterocycles. The van der Waals surface area contributed by atoms with Crippen LogP contribution in [0.3, 0.4) is 0 Å². The number of methoxy groups -OCH3 is 1. The van der Waals surface area contributed by atoms with Crippen molar-refractivity contribution in [3.63, 3.8) is 0 Å². The highest BCUT2D eigenvalue weighted by atomic mass is 16.5. The first kappa shape index (κ1) is 14.2. The maximum Gasteiger partial charge on any atom is 0.373 e. The fourth-order valence-electron chi connectivity index (χ4n) is 2.53. The molecule has 2 aromatic carbocycles. The van der Waals surface area contributed by atoms with Gasteiger partial charge >= 0.3 is 5.97 Å². The van der Waals surface area contributed by atoms with Crippen LogP contribution in [0.25, 0.3) is 10.8 Å². The number of carbonyl (C=O) groups excluding carboxylic acids is 1. The number of nitrogens with zero attached hydrogens (tertiary/aromatic N) is 1. The highest BCUT2D eigenvalue weighted by molar-refractivity contribution is 5.94. The maximum atomic E-state index is 11.4. The number of esters is 1. The van der Waals surface area contributed by atoms with Crippen LogP contribution in [0, 0.1) is 0 Å². The number of benzene rings is 2. The van der Waals surface area contributed by atoms with Gasteiger partial charge in [0.2, 0.25) is 5.76 Å². The van der Waals surface area contributed by atoms with Crippen molar-refractivity contribution in [1.82, 2.24) is 0 Å². The van der Waals surface area contributed by atoms with E-state index in [4.69, 9.17) is 4.42 Å². The summed E-state index contributed by atoms with van der Waals surface area (Å²) in [6.07, 6.45) is 0. The molecule has 0 aliphatic rings. The van der Waals surface area contributed by atoms with Crippen LogP contribution >= 0.6 is 0 Å². The van der Waals surface area contributed by atoms with E-state index in [9.17, 15) is 4.79 Å². The van der Waals surface area contributed by atoms with Crippen LogP contribution in [0.1, 0.15) is 16.3 Å². The van der Waals surface area contributed by atoms with E-state index in [1.165, 1.54) is 17.9 Å². The summed E-state index contributed by atoms with van der Waals surface area (Å²) in [6.45, 7) is 0.574. The predicted octanol–water partition coefficient (Wildman–Crippen LogP) is 3.86. The molecule has 0 spiro atoms. The molecule has 0 amide bonds. The Morgan fingerprint density at radius 3 is 2.68 bits per heavy atom. The fraction of sp³-hybridized carbons (Fsp3) is 0.167. The Bertz CT molecular complexity index is 801. The summed E-state index contributed by atoms with van der Waals surface area (Å²) in [5.74, 6) is 0.485. The van der Waals surface area contributed by atoms with Crippen LogP contribution in [0.2, 0.25) is 0 Å². The minimum Gasteiger partial charge on any atom is -0.463 e. The quantitative estimate of drug-likeness (QED) is 0.686. The third kappa shape index (κ3) is 2.68. The molecule has 0 bridgehead atoms. The number of ether oxygens (including phenoxy) is 1. The third-order valence-corrected chi connectivity index (χ3v) is 3.62. The van der Waals surface area contributed by atoms with Crippen molar-refractivity contribution in [1.29, 1.82) is 0 Å². The summed E-state index contributed by atoms with van der Waals surface area (Å²) in [5.41, 5.74) is 1.12. The lowest BCUT2D eigenvalue weighted by atomic mass is 10.1. The summed E-state index contributed by atoms with van der Waals surface area (Å²) in [7, 11) is 3.34. The zero-order valence-corrected chi connectivity index (χ0v) is 12.6. The van der Waals surface area contributed by atoms with Crippen molar-refractivity contribution in [2.75, 3.05) is 19.1 Å². The van der Waals surface area contributed by atoms with E-state index < -0.39 is 5.97 Å². The molecule has 0 atom stereocenters. The largest absolute Gasteiger partial charge is 0.463 e. The van der Waals surface area contributed by atoms with Crippen molar-refractivity contribution in [2.45, 2.75) is 6.54 Å². The van der Waals surface area contributed by atoms with E-state index in [-0.39, 0.29) is 5.76 Å². The van der Waals surface area contributed by atoms with E-state index in [0.717, 1.165) is 11.4 Å².